The van der Waals surface area contributed by atoms with E-state index in [0.29, 0.717) is 26.1 Å². The fourth-order valence-corrected chi connectivity index (χ4v) is 1.95. The maximum absolute atomic E-state index is 11.3. The normalized spacial score (nSPS) is 18.6. The Morgan fingerprint density at radius 1 is 1.22 bits per heavy atom. The Morgan fingerprint density at radius 2 is 1.94 bits per heavy atom. The summed E-state index contributed by atoms with van der Waals surface area (Å²) in [5.74, 6) is -0.169. The Kier molecular flexibility index (Phi) is 8.01. The van der Waals surface area contributed by atoms with Crippen LogP contribution in [0.4, 0.5) is 0 Å². The molecule has 0 amide bonds. The van der Waals surface area contributed by atoms with Crippen molar-refractivity contribution in [2.45, 2.75) is 58.5 Å². The Balaban J connectivity index is 1.90. The summed E-state index contributed by atoms with van der Waals surface area (Å²) in [6.07, 6.45) is 7.31. The maximum Gasteiger partial charge on any atom is 0.308 e. The molecule has 106 valence electrons. The molecule has 0 saturated heterocycles. The molecule has 0 aromatic carbocycles. The highest BCUT2D eigenvalue weighted by Crippen LogP contribution is 2.19. The molecular weight excluding hydrogens is 232 g/mol. The average molecular weight is 258 g/mol. The number of rotatable bonds is 8. The first-order valence-corrected chi connectivity index (χ1v) is 7.10. The van der Waals surface area contributed by atoms with Crippen LogP contribution in [0.25, 0.3) is 0 Å². The van der Waals surface area contributed by atoms with E-state index in [1.165, 1.54) is 19.3 Å². The van der Waals surface area contributed by atoms with Gasteiger partial charge in [-0.25, -0.2) is 0 Å². The van der Waals surface area contributed by atoms with E-state index < -0.39 is 0 Å². The third-order valence-corrected chi connectivity index (χ3v) is 3.43. The Bertz CT molecular complexity index is 224. The molecule has 1 saturated carbocycles. The quantitative estimate of drug-likeness (QED) is 0.381. The zero-order chi connectivity index (χ0) is 13.2. The van der Waals surface area contributed by atoms with Crippen LogP contribution in [-0.4, -0.2) is 32.1 Å². The molecule has 4 heteroatoms. The van der Waals surface area contributed by atoms with Crippen LogP contribution in [-0.2, 0) is 19.0 Å². The van der Waals surface area contributed by atoms with Crippen LogP contribution < -0.4 is 0 Å². The van der Waals surface area contributed by atoms with Crippen LogP contribution in [0.1, 0.15) is 52.4 Å². The van der Waals surface area contributed by atoms with Gasteiger partial charge in [0.05, 0.1) is 18.6 Å². The van der Waals surface area contributed by atoms with E-state index in [4.69, 9.17) is 14.2 Å². The van der Waals surface area contributed by atoms with Gasteiger partial charge >= 0.3 is 5.97 Å². The number of carbonyl (C=O) groups excluding carboxylic acids is 1. The molecule has 1 rings (SSSR count). The summed E-state index contributed by atoms with van der Waals surface area (Å²) < 4.78 is 16.0. The summed E-state index contributed by atoms with van der Waals surface area (Å²) in [5, 5.41) is 0. The summed E-state index contributed by atoms with van der Waals surface area (Å²) >= 11 is 0. The van der Waals surface area contributed by atoms with Gasteiger partial charge in [0.1, 0.15) is 13.4 Å². The van der Waals surface area contributed by atoms with E-state index in [2.05, 4.69) is 0 Å². The predicted octanol–water partition coefficient (Wildman–Crippen LogP) is 2.90. The van der Waals surface area contributed by atoms with Crippen LogP contribution in [0.2, 0.25) is 0 Å². The molecule has 4 nitrogen and oxygen atoms in total. The molecule has 0 N–H and O–H groups in total. The molecule has 1 atom stereocenters. The maximum atomic E-state index is 11.3. The molecule has 1 unspecified atom stereocenters. The van der Waals surface area contributed by atoms with Crippen molar-refractivity contribution < 1.29 is 19.0 Å². The number of hydrogen-bond donors (Lipinski definition) is 0. The van der Waals surface area contributed by atoms with E-state index in [1.54, 1.807) is 0 Å². The first-order valence-electron chi connectivity index (χ1n) is 7.10. The van der Waals surface area contributed by atoms with Crippen molar-refractivity contribution in [1.29, 1.82) is 0 Å². The third-order valence-electron chi connectivity index (χ3n) is 3.43. The van der Waals surface area contributed by atoms with Gasteiger partial charge in [0.15, 0.2) is 0 Å². The van der Waals surface area contributed by atoms with Crippen LogP contribution in [0.5, 0.6) is 0 Å². The highest BCUT2D eigenvalue weighted by Gasteiger charge is 2.13. The lowest BCUT2D eigenvalue weighted by atomic mass is 9.98. The lowest BCUT2D eigenvalue weighted by molar-refractivity contribution is -0.153. The largest absolute Gasteiger partial charge is 0.463 e. The number of hydrogen-bond acceptors (Lipinski definition) is 4. The van der Waals surface area contributed by atoms with Crippen LogP contribution >= 0.6 is 0 Å². The molecule has 0 aromatic rings. The Morgan fingerprint density at radius 3 is 2.61 bits per heavy atom. The highest BCUT2D eigenvalue weighted by molar-refractivity contribution is 5.71. The summed E-state index contributed by atoms with van der Waals surface area (Å²) in [6.45, 7) is 4.88. The SMILES string of the molecule is CCC(C)C(=O)OCCOCOC1CCCCC1. The standard InChI is InChI=1S/C14H26O4/c1-3-12(2)14(15)17-10-9-16-11-18-13-7-5-4-6-8-13/h12-13H,3-11H2,1-2H3. The van der Waals surface area contributed by atoms with Crippen molar-refractivity contribution in [3.05, 3.63) is 0 Å². The van der Waals surface area contributed by atoms with Crippen LogP contribution in [0.15, 0.2) is 0 Å². The molecule has 1 aliphatic rings. The molecule has 0 aliphatic heterocycles. The molecule has 0 heterocycles. The van der Waals surface area contributed by atoms with E-state index in [1.807, 2.05) is 13.8 Å². The molecule has 0 radical (unpaired) electrons. The van der Waals surface area contributed by atoms with Crippen molar-refractivity contribution in [2.24, 2.45) is 5.92 Å². The summed E-state index contributed by atoms with van der Waals surface area (Å²) in [4.78, 5) is 11.3. The highest BCUT2D eigenvalue weighted by atomic mass is 16.7. The molecule has 1 fully saturated rings. The van der Waals surface area contributed by atoms with Crippen molar-refractivity contribution in [3.63, 3.8) is 0 Å². The van der Waals surface area contributed by atoms with Crippen LogP contribution in [0, 0.1) is 5.92 Å². The second-order valence-corrected chi connectivity index (χ2v) is 4.93. The zero-order valence-electron chi connectivity index (χ0n) is 11.7. The van der Waals surface area contributed by atoms with Crippen molar-refractivity contribution in [2.75, 3.05) is 20.0 Å². The number of esters is 1. The van der Waals surface area contributed by atoms with E-state index in [9.17, 15) is 4.79 Å². The lowest BCUT2D eigenvalue weighted by Gasteiger charge is -2.21. The van der Waals surface area contributed by atoms with Gasteiger partial charge in [-0.05, 0) is 19.3 Å². The molecule has 0 aromatic heterocycles. The predicted molar refractivity (Wildman–Crippen MR) is 69.2 cm³/mol. The van der Waals surface area contributed by atoms with Gasteiger partial charge in [0.25, 0.3) is 0 Å². The number of ether oxygens (including phenoxy) is 3. The first-order chi connectivity index (χ1) is 8.74. The van der Waals surface area contributed by atoms with E-state index >= 15 is 0 Å². The van der Waals surface area contributed by atoms with Crippen LogP contribution in [0.3, 0.4) is 0 Å². The minimum atomic E-state index is -0.144. The van der Waals surface area contributed by atoms with Crippen molar-refractivity contribution in [3.8, 4) is 0 Å². The molecule has 18 heavy (non-hydrogen) atoms. The van der Waals surface area contributed by atoms with E-state index in [-0.39, 0.29) is 11.9 Å². The van der Waals surface area contributed by atoms with Gasteiger partial charge in [0, 0.05) is 0 Å². The average Bonchev–Trinajstić information content (AvgIpc) is 2.42. The first kappa shape index (κ1) is 15.4. The number of carbonyl (C=O) groups is 1. The van der Waals surface area contributed by atoms with Crippen molar-refractivity contribution in [1.82, 2.24) is 0 Å². The monoisotopic (exact) mass is 258 g/mol. The van der Waals surface area contributed by atoms with Crippen molar-refractivity contribution >= 4 is 5.97 Å². The summed E-state index contributed by atoms with van der Waals surface area (Å²) in [7, 11) is 0. The smallest absolute Gasteiger partial charge is 0.308 e. The lowest BCUT2D eigenvalue weighted by Crippen LogP contribution is -2.20. The fraction of sp³-hybridized carbons (Fsp3) is 0.929. The molecular formula is C14H26O4. The van der Waals surface area contributed by atoms with Gasteiger partial charge in [0.2, 0.25) is 0 Å². The Labute approximate surface area is 110 Å². The van der Waals surface area contributed by atoms with Gasteiger partial charge in [-0.1, -0.05) is 33.1 Å². The minimum Gasteiger partial charge on any atom is -0.463 e. The molecule has 0 bridgehead atoms. The zero-order valence-corrected chi connectivity index (χ0v) is 11.7. The van der Waals surface area contributed by atoms with Gasteiger partial charge in [-0.3, -0.25) is 4.79 Å². The van der Waals surface area contributed by atoms with Gasteiger partial charge in [-0.15, -0.1) is 0 Å². The molecule has 0 spiro atoms. The van der Waals surface area contributed by atoms with E-state index in [0.717, 1.165) is 19.3 Å². The second kappa shape index (κ2) is 9.34. The third kappa shape index (κ3) is 6.36. The molecule has 1 aliphatic carbocycles. The summed E-state index contributed by atoms with van der Waals surface area (Å²) in [6, 6.07) is 0. The van der Waals surface area contributed by atoms with Gasteiger partial charge < -0.3 is 14.2 Å². The second-order valence-electron chi connectivity index (χ2n) is 4.93. The minimum absolute atomic E-state index is 0.0245. The fourth-order valence-electron chi connectivity index (χ4n) is 1.95. The topological polar surface area (TPSA) is 44.8 Å². The van der Waals surface area contributed by atoms with Gasteiger partial charge in [-0.2, -0.15) is 0 Å². The summed E-state index contributed by atoms with van der Waals surface area (Å²) in [5.41, 5.74) is 0. The Hall–Kier alpha value is -0.610.